The Bertz CT molecular complexity index is 934. The van der Waals surface area contributed by atoms with Crippen molar-refractivity contribution in [1.29, 1.82) is 0 Å². The smallest absolute Gasteiger partial charge is 0.254 e. The third kappa shape index (κ3) is 3.61. The largest absolute Gasteiger partial charge is 0.393 e. The molecule has 1 amide bonds. The van der Waals surface area contributed by atoms with Gasteiger partial charge >= 0.3 is 0 Å². The number of anilines is 1. The molecule has 3 aromatic heterocycles. The molecule has 27 heavy (non-hydrogen) atoms. The summed E-state index contributed by atoms with van der Waals surface area (Å²) in [5, 5.41) is 14.0. The van der Waals surface area contributed by atoms with Gasteiger partial charge in [0.05, 0.1) is 12.3 Å². The van der Waals surface area contributed by atoms with E-state index in [1.54, 1.807) is 16.9 Å². The lowest BCUT2D eigenvalue weighted by atomic mass is 9.91. The van der Waals surface area contributed by atoms with Crippen molar-refractivity contribution in [3.63, 3.8) is 0 Å². The zero-order chi connectivity index (χ0) is 18.8. The highest BCUT2D eigenvalue weighted by Gasteiger charge is 2.26. The molecule has 0 atom stereocenters. The number of nitrogens with zero attached hydrogens (tertiary/aromatic N) is 5. The van der Waals surface area contributed by atoms with Gasteiger partial charge in [0.15, 0.2) is 5.65 Å². The van der Waals surface area contributed by atoms with Gasteiger partial charge in [-0.1, -0.05) is 6.07 Å². The number of amides is 1. The van der Waals surface area contributed by atoms with E-state index in [1.165, 1.54) is 6.20 Å². The van der Waals surface area contributed by atoms with Gasteiger partial charge in [-0.25, -0.2) is 9.50 Å². The first-order valence-corrected chi connectivity index (χ1v) is 9.09. The van der Waals surface area contributed by atoms with Crippen LogP contribution < -0.4 is 10.6 Å². The molecule has 0 saturated heterocycles. The molecule has 3 aromatic rings. The maximum Gasteiger partial charge on any atom is 0.254 e. The summed E-state index contributed by atoms with van der Waals surface area (Å²) in [6.07, 6.45) is 9.91. The normalized spacial score (nSPS) is 19.9. The average molecular weight is 366 g/mol. The van der Waals surface area contributed by atoms with E-state index in [0.717, 1.165) is 37.1 Å². The maximum absolute atomic E-state index is 11.7. The van der Waals surface area contributed by atoms with Gasteiger partial charge in [0.1, 0.15) is 11.4 Å². The van der Waals surface area contributed by atoms with E-state index in [4.69, 9.17) is 5.73 Å². The van der Waals surface area contributed by atoms with Crippen molar-refractivity contribution in [2.24, 2.45) is 5.73 Å². The topological polar surface area (TPSA) is 110 Å². The molecule has 4 rings (SSSR count). The second-order valence-corrected chi connectivity index (χ2v) is 6.93. The van der Waals surface area contributed by atoms with Crippen LogP contribution in [0.15, 0.2) is 43.0 Å². The summed E-state index contributed by atoms with van der Waals surface area (Å²) in [7, 11) is 0. The number of rotatable bonds is 5. The van der Waals surface area contributed by atoms with E-state index >= 15 is 0 Å². The molecule has 3 heterocycles. The zero-order valence-corrected chi connectivity index (χ0v) is 14.9. The molecule has 1 saturated carbocycles. The van der Waals surface area contributed by atoms with Crippen LogP contribution in [-0.2, 0) is 6.54 Å². The van der Waals surface area contributed by atoms with E-state index in [9.17, 15) is 9.90 Å². The number of primary amides is 1. The minimum atomic E-state index is -0.547. The quantitative estimate of drug-likeness (QED) is 0.709. The lowest BCUT2D eigenvalue weighted by molar-refractivity contribution is 0.100. The number of nitrogens with two attached hydrogens (primary N) is 1. The summed E-state index contributed by atoms with van der Waals surface area (Å²) in [4.78, 5) is 22.8. The van der Waals surface area contributed by atoms with Gasteiger partial charge in [0.2, 0.25) is 0 Å². The summed E-state index contributed by atoms with van der Waals surface area (Å²) in [6, 6.07) is 6.09. The molecule has 0 aromatic carbocycles. The van der Waals surface area contributed by atoms with Gasteiger partial charge in [0.25, 0.3) is 5.91 Å². The van der Waals surface area contributed by atoms with Crippen LogP contribution in [0.25, 0.3) is 5.65 Å². The molecule has 0 unspecified atom stereocenters. The highest BCUT2D eigenvalue weighted by atomic mass is 16.3. The van der Waals surface area contributed by atoms with Crippen molar-refractivity contribution in [3.05, 3.63) is 54.1 Å². The molecule has 0 bridgehead atoms. The van der Waals surface area contributed by atoms with Crippen molar-refractivity contribution < 1.29 is 9.90 Å². The summed E-state index contributed by atoms with van der Waals surface area (Å²) in [6.45, 7) is 0.651. The number of aromatic nitrogens is 4. The molecule has 1 aliphatic rings. The fourth-order valence-corrected chi connectivity index (χ4v) is 3.65. The Morgan fingerprint density at radius 2 is 2.07 bits per heavy atom. The fraction of sp³-hybridized carbons (Fsp3) is 0.368. The maximum atomic E-state index is 11.7. The standard InChI is InChI=1S/C19H22N6O2/c20-18(27)16-11-22-25-9-7-17(23-19(16)25)24(12-13-2-1-8-21-10-13)14-3-5-15(26)6-4-14/h1-2,7-11,14-15,26H,3-6,12H2,(H2,20,27). The van der Waals surface area contributed by atoms with Gasteiger partial charge in [-0.3, -0.25) is 9.78 Å². The van der Waals surface area contributed by atoms with Crippen LogP contribution in [0.2, 0.25) is 0 Å². The molecule has 0 spiro atoms. The number of pyridine rings is 1. The Hall–Kier alpha value is -3.00. The summed E-state index contributed by atoms with van der Waals surface area (Å²) >= 11 is 0. The summed E-state index contributed by atoms with van der Waals surface area (Å²) in [5.74, 6) is 0.213. The molecule has 1 fully saturated rings. The molecule has 1 aliphatic carbocycles. The summed E-state index contributed by atoms with van der Waals surface area (Å²) < 4.78 is 1.55. The highest BCUT2D eigenvalue weighted by molar-refractivity contribution is 5.98. The van der Waals surface area contributed by atoms with Crippen molar-refractivity contribution in [2.75, 3.05) is 4.90 Å². The number of carbonyl (C=O) groups is 1. The first-order chi connectivity index (χ1) is 13.1. The van der Waals surface area contributed by atoms with Gasteiger partial charge in [-0.2, -0.15) is 5.10 Å². The second kappa shape index (κ2) is 7.32. The van der Waals surface area contributed by atoms with E-state index in [-0.39, 0.29) is 12.1 Å². The van der Waals surface area contributed by atoms with Gasteiger partial charge < -0.3 is 15.7 Å². The zero-order valence-electron chi connectivity index (χ0n) is 14.9. The lowest BCUT2D eigenvalue weighted by Gasteiger charge is -2.36. The molecule has 8 heteroatoms. The Labute approximate surface area is 156 Å². The van der Waals surface area contributed by atoms with Crippen LogP contribution in [0.1, 0.15) is 41.6 Å². The molecule has 0 aliphatic heterocycles. The predicted molar refractivity (Wildman–Crippen MR) is 100 cm³/mol. The Morgan fingerprint density at radius 3 is 2.78 bits per heavy atom. The van der Waals surface area contributed by atoms with Crippen LogP contribution in [0.5, 0.6) is 0 Å². The molecular weight excluding hydrogens is 344 g/mol. The van der Waals surface area contributed by atoms with Crippen molar-refractivity contribution in [3.8, 4) is 0 Å². The second-order valence-electron chi connectivity index (χ2n) is 6.93. The van der Waals surface area contributed by atoms with Gasteiger partial charge in [-0.15, -0.1) is 0 Å². The van der Waals surface area contributed by atoms with Crippen LogP contribution >= 0.6 is 0 Å². The molecule has 8 nitrogen and oxygen atoms in total. The first-order valence-electron chi connectivity index (χ1n) is 9.09. The Kier molecular flexibility index (Phi) is 4.72. The minimum absolute atomic E-state index is 0.228. The van der Waals surface area contributed by atoms with Gasteiger partial charge in [-0.05, 0) is 43.4 Å². The number of aliphatic hydroxyl groups excluding tert-OH is 1. The lowest BCUT2D eigenvalue weighted by Crippen LogP contribution is -2.39. The van der Waals surface area contributed by atoms with E-state index < -0.39 is 5.91 Å². The van der Waals surface area contributed by atoms with Crippen molar-refractivity contribution >= 4 is 17.4 Å². The number of aliphatic hydroxyl groups is 1. The Morgan fingerprint density at radius 1 is 1.26 bits per heavy atom. The number of hydrogen-bond acceptors (Lipinski definition) is 6. The van der Waals surface area contributed by atoms with E-state index in [0.29, 0.717) is 17.8 Å². The minimum Gasteiger partial charge on any atom is -0.393 e. The SMILES string of the molecule is NC(=O)c1cnn2ccc(N(Cc3cccnc3)C3CCC(O)CC3)nc12. The van der Waals surface area contributed by atoms with Crippen LogP contribution in [-0.4, -0.2) is 42.7 Å². The van der Waals surface area contributed by atoms with Crippen molar-refractivity contribution in [2.45, 2.75) is 44.4 Å². The van der Waals surface area contributed by atoms with E-state index in [2.05, 4.69) is 20.0 Å². The molecule has 0 radical (unpaired) electrons. The Balaban J connectivity index is 1.71. The van der Waals surface area contributed by atoms with Crippen molar-refractivity contribution in [1.82, 2.24) is 19.6 Å². The van der Waals surface area contributed by atoms with Gasteiger partial charge in [0, 0.05) is 31.2 Å². The van der Waals surface area contributed by atoms with E-state index in [1.807, 2.05) is 24.4 Å². The average Bonchev–Trinajstić information content (AvgIpc) is 3.11. The van der Waals surface area contributed by atoms with Crippen LogP contribution in [0, 0.1) is 0 Å². The number of fused-ring (bicyclic) bond motifs is 1. The predicted octanol–water partition coefficient (Wildman–Crippen LogP) is 1.53. The third-order valence-corrected chi connectivity index (χ3v) is 5.10. The summed E-state index contributed by atoms with van der Waals surface area (Å²) in [5.41, 5.74) is 7.28. The third-order valence-electron chi connectivity index (χ3n) is 5.10. The number of carbonyl (C=O) groups excluding carboxylic acids is 1. The van der Waals surface area contributed by atoms with Crippen LogP contribution in [0.3, 0.4) is 0 Å². The number of hydrogen-bond donors (Lipinski definition) is 2. The van der Waals surface area contributed by atoms with Crippen LogP contribution in [0.4, 0.5) is 5.82 Å². The fourth-order valence-electron chi connectivity index (χ4n) is 3.65. The molecule has 140 valence electrons. The molecular formula is C19H22N6O2. The molecule has 3 N–H and O–H groups in total. The monoisotopic (exact) mass is 366 g/mol. The first kappa shape index (κ1) is 17.4. The highest BCUT2D eigenvalue weighted by Crippen LogP contribution is 2.28.